The molecule has 0 bridgehead atoms. The molecule has 0 radical (unpaired) electrons. The molecule has 1 aromatic rings. The fourth-order valence-electron chi connectivity index (χ4n) is 1.84. The van der Waals surface area contributed by atoms with E-state index in [1.54, 1.807) is 0 Å². The molecule has 116 valence electrons. The average molecular weight is 298 g/mol. The number of carbonyl (C=O) groups excluding carboxylic acids is 1. The molecule has 0 saturated heterocycles. The molecular weight excluding hydrogens is 280 g/mol. The molecule has 1 aromatic carbocycles. The maximum Gasteiger partial charge on any atom is 0.308 e. The summed E-state index contributed by atoms with van der Waals surface area (Å²) in [6.45, 7) is 0. The summed E-state index contributed by atoms with van der Waals surface area (Å²) < 4.78 is 9.49. The molecule has 0 spiro atoms. The van der Waals surface area contributed by atoms with E-state index in [1.807, 2.05) is 0 Å². The fourth-order valence-corrected chi connectivity index (χ4v) is 1.84. The van der Waals surface area contributed by atoms with Gasteiger partial charge in [-0.05, 0) is 11.6 Å². The Morgan fingerprint density at radius 2 is 1.90 bits per heavy atom. The molecule has 2 atom stereocenters. The molecular formula is C14H18O7. The standard InChI is InChI=1S/C14H18O7/c1-20-11-5-9(4-3-8(11)6-12(16)17)14(19)10(15)7-13(18)21-2/h3-5,10,14-15,19H,6-7H2,1-2H3,(H,16,17). The van der Waals surface area contributed by atoms with Gasteiger partial charge in [-0.15, -0.1) is 0 Å². The van der Waals surface area contributed by atoms with Gasteiger partial charge in [0.05, 0.1) is 33.2 Å². The van der Waals surface area contributed by atoms with Crippen molar-refractivity contribution in [2.45, 2.75) is 25.0 Å². The Bertz CT molecular complexity index is 512. The molecule has 7 nitrogen and oxygen atoms in total. The first kappa shape index (κ1) is 16.9. The molecule has 0 amide bonds. The van der Waals surface area contributed by atoms with Gasteiger partial charge in [-0.1, -0.05) is 12.1 Å². The number of ether oxygens (including phenoxy) is 2. The molecule has 21 heavy (non-hydrogen) atoms. The van der Waals surface area contributed by atoms with E-state index >= 15 is 0 Å². The number of rotatable bonds is 7. The van der Waals surface area contributed by atoms with Crippen LogP contribution in [0.3, 0.4) is 0 Å². The average Bonchev–Trinajstić information content (AvgIpc) is 2.46. The molecule has 2 unspecified atom stereocenters. The maximum atomic E-state index is 11.1. The number of benzene rings is 1. The summed E-state index contributed by atoms with van der Waals surface area (Å²) >= 11 is 0. The van der Waals surface area contributed by atoms with Crippen LogP contribution >= 0.6 is 0 Å². The van der Waals surface area contributed by atoms with Gasteiger partial charge in [-0.25, -0.2) is 0 Å². The topological polar surface area (TPSA) is 113 Å². The Hall–Kier alpha value is -2.12. The van der Waals surface area contributed by atoms with Crippen LogP contribution in [-0.2, 0) is 20.7 Å². The minimum absolute atomic E-state index is 0.218. The molecule has 0 aliphatic rings. The van der Waals surface area contributed by atoms with E-state index in [4.69, 9.17) is 9.84 Å². The number of hydrogen-bond acceptors (Lipinski definition) is 6. The first-order valence-electron chi connectivity index (χ1n) is 6.20. The second kappa shape index (κ2) is 7.61. The molecule has 0 aromatic heterocycles. The van der Waals surface area contributed by atoms with Gasteiger partial charge in [0, 0.05) is 5.56 Å². The number of esters is 1. The SMILES string of the molecule is COC(=O)CC(O)C(O)c1ccc(CC(=O)O)c(OC)c1. The third kappa shape index (κ3) is 4.73. The predicted molar refractivity (Wildman–Crippen MR) is 71.9 cm³/mol. The van der Waals surface area contributed by atoms with Crippen LogP contribution in [0.2, 0.25) is 0 Å². The Labute approximate surface area is 121 Å². The Kier molecular flexibility index (Phi) is 6.13. The van der Waals surface area contributed by atoms with Gasteiger partial charge in [-0.2, -0.15) is 0 Å². The van der Waals surface area contributed by atoms with Crippen LogP contribution in [0.1, 0.15) is 23.7 Å². The molecule has 0 aliphatic carbocycles. The van der Waals surface area contributed by atoms with Gasteiger partial charge in [0.25, 0.3) is 0 Å². The number of carboxylic acid groups (broad SMARTS) is 1. The summed E-state index contributed by atoms with van der Waals surface area (Å²) in [6, 6.07) is 4.41. The van der Waals surface area contributed by atoms with E-state index in [2.05, 4.69) is 4.74 Å². The van der Waals surface area contributed by atoms with E-state index in [0.717, 1.165) is 0 Å². The van der Waals surface area contributed by atoms with E-state index < -0.39 is 24.1 Å². The summed E-state index contributed by atoms with van der Waals surface area (Å²) in [5, 5.41) is 28.5. The van der Waals surface area contributed by atoms with Crippen LogP contribution in [-0.4, -0.2) is 47.6 Å². The Balaban J connectivity index is 2.92. The zero-order chi connectivity index (χ0) is 16.0. The van der Waals surface area contributed by atoms with Crippen LogP contribution in [0, 0.1) is 0 Å². The Morgan fingerprint density at radius 1 is 1.24 bits per heavy atom. The van der Waals surface area contributed by atoms with Gasteiger partial charge >= 0.3 is 11.9 Å². The lowest BCUT2D eigenvalue weighted by molar-refractivity contribution is -0.144. The van der Waals surface area contributed by atoms with Gasteiger partial charge in [0.2, 0.25) is 0 Å². The highest BCUT2D eigenvalue weighted by Gasteiger charge is 2.23. The van der Waals surface area contributed by atoms with Crippen molar-refractivity contribution in [1.82, 2.24) is 0 Å². The van der Waals surface area contributed by atoms with E-state index in [0.29, 0.717) is 16.9 Å². The van der Waals surface area contributed by atoms with Crippen molar-refractivity contribution in [2.75, 3.05) is 14.2 Å². The van der Waals surface area contributed by atoms with Crippen LogP contribution in [0.25, 0.3) is 0 Å². The smallest absolute Gasteiger partial charge is 0.308 e. The predicted octanol–water partition coefficient (Wildman–Crippen LogP) is 0.280. The summed E-state index contributed by atoms with van der Waals surface area (Å²) in [5.41, 5.74) is 0.765. The minimum atomic E-state index is -1.33. The summed E-state index contributed by atoms with van der Waals surface area (Å²) in [5.74, 6) is -1.36. The molecule has 0 fully saturated rings. The number of methoxy groups -OCH3 is 2. The number of carbonyl (C=O) groups is 2. The third-order valence-electron chi connectivity index (χ3n) is 2.96. The Morgan fingerprint density at radius 3 is 2.43 bits per heavy atom. The molecule has 3 N–H and O–H groups in total. The summed E-state index contributed by atoms with van der Waals surface area (Å²) in [6.07, 6.45) is -3.20. The largest absolute Gasteiger partial charge is 0.496 e. The molecule has 0 saturated carbocycles. The van der Waals surface area contributed by atoms with Crippen LogP contribution in [0.5, 0.6) is 5.75 Å². The first-order chi connectivity index (χ1) is 9.88. The number of aliphatic hydroxyl groups excluding tert-OH is 2. The van der Waals surface area contributed by atoms with Gasteiger partial charge < -0.3 is 24.8 Å². The van der Waals surface area contributed by atoms with E-state index in [1.165, 1.54) is 32.4 Å². The normalized spacial score (nSPS) is 13.3. The van der Waals surface area contributed by atoms with Crippen molar-refractivity contribution in [2.24, 2.45) is 0 Å². The second-order valence-electron chi connectivity index (χ2n) is 4.43. The quantitative estimate of drug-likeness (QED) is 0.619. The van der Waals surface area contributed by atoms with Crippen molar-refractivity contribution < 1.29 is 34.4 Å². The zero-order valence-corrected chi connectivity index (χ0v) is 11.8. The maximum absolute atomic E-state index is 11.1. The van der Waals surface area contributed by atoms with Crippen LogP contribution < -0.4 is 4.74 Å². The number of hydrogen-bond donors (Lipinski definition) is 3. The van der Waals surface area contributed by atoms with Crippen molar-refractivity contribution in [3.63, 3.8) is 0 Å². The van der Waals surface area contributed by atoms with Crippen LogP contribution in [0.15, 0.2) is 18.2 Å². The molecule has 7 heteroatoms. The van der Waals surface area contributed by atoms with Gasteiger partial charge in [-0.3, -0.25) is 9.59 Å². The molecule has 0 aliphatic heterocycles. The number of carboxylic acids is 1. The third-order valence-corrected chi connectivity index (χ3v) is 2.96. The lowest BCUT2D eigenvalue weighted by Gasteiger charge is -2.18. The monoisotopic (exact) mass is 298 g/mol. The fraction of sp³-hybridized carbons (Fsp3) is 0.429. The molecule has 1 rings (SSSR count). The van der Waals surface area contributed by atoms with E-state index in [9.17, 15) is 19.8 Å². The first-order valence-corrected chi connectivity index (χ1v) is 6.20. The number of aliphatic hydroxyl groups is 2. The van der Waals surface area contributed by atoms with Gasteiger partial charge in [0.1, 0.15) is 11.9 Å². The summed E-state index contributed by atoms with van der Waals surface area (Å²) in [7, 11) is 2.56. The molecule has 0 heterocycles. The minimum Gasteiger partial charge on any atom is -0.496 e. The van der Waals surface area contributed by atoms with Gasteiger partial charge in [0.15, 0.2) is 0 Å². The number of aliphatic carboxylic acids is 1. The highest BCUT2D eigenvalue weighted by atomic mass is 16.5. The van der Waals surface area contributed by atoms with Crippen molar-refractivity contribution in [1.29, 1.82) is 0 Å². The van der Waals surface area contributed by atoms with Crippen molar-refractivity contribution in [3.05, 3.63) is 29.3 Å². The van der Waals surface area contributed by atoms with Crippen molar-refractivity contribution in [3.8, 4) is 5.75 Å². The second-order valence-corrected chi connectivity index (χ2v) is 4.43. The summed E-state index contributed by atoms with van der Waals surface area (Å²) in [4.78, 5) is 21.8. The highest BCUT2D eigenvalue weighted by molar-refractivity contribution is 5.71. The van der Waals surface area contributed by atoms with Crippen LogP contribution in [0.4, 0.5) is 0 Å². The van der Waals surface area contributed by atoms with E-state index in [-0.39, 0.29) is 12.8 Å². The van der Waals surface area contributed by atoms with Crippen molar-refractivity contribution >= 4 is 11.9 Å². The zero-order valence-electron chi connectivity index (χ0n) is 11.8. The lowest BCUT2D eigenvalue weighted by Crippen LogP contribution is -2.22. The highest BCUT2D eigenvalue weighted by Crippen LogP contribution is 2.27. The lowest BCUT2D eigenvalue weighted by atomic mass is 9.99.